The second-order valence-electron chi connectivity index (χ2n) is 5.02. The van der Waals surface area contributed by atoms with Gasteiger partial charge in [0.05, 0.1) is 5.52 Å². The molecule has 5 heteroatoms. The highest BCUT2D eigenvalue weighted by Crippen LogP contribution is 2.27. The summed E-state index contributed by atoms with van der Waals surface area (Å²) in [6.07, 6.45) is 2.48. The molecule has 1 aromatic carbocycles. The number of aromatic nitrogens is 1. The number of H-pyrrole nitrogens is 1. The Balaban J connectivity index is 1.97. The van der Waals surface area contributed by atoms with Crippen LogP contribution in [-0.2, 0) is 6.54 Å². The van der Waals surface area contributed by atoms with Crippen molar-refractivity contribution in [1.82, 2.24) is 10.3 Å². The smallest absolute Gasteiger partial charge is 0.248 e. The summed E-state index contributed by atoms with van der Waals surface area (Å²) in [4.78, 5) is 13.9. The molecule has 0 aliphatic heterocycles. The lowest BCUT2D eigenvalue weighted by Crippen LogP contribution is -2.18. The lowest BCUT2D eigenvalue weighted by molar-refractivity contribution is 0.515. The van der Waals surface area contributed by atoms with E-state index in [2.05, 4.69) is 10.3 Å². The van der Waals surface area contributed by atoms with Crippen LogP contribution in [0.1, 0.15) is 18.4 Å². The van der Waals surface area contributed by atoms with Crippen molar-refractivity contribution >= 4 is 10.9 Å². The number of rotatable bonds is 4. The Labute approximate surface area is 108 Å². The average molecular weight is 264 g/mol. The predicted molar refractivity (Wildman–Crippen MR) is 68.9 cm³/mol. The SMILES string of the molecule is O=c1cc(CNCC2CC2)c2ccc(F)c(F)c2[nH]1. The summed E-state index contributed by atoms with van der Waals surface area (Å²) in [7, 11) is 0. The third kappa shape index (κ3) is 2.51. The van der Waals surface area contributed by atoms with Crippen LogP contribution in [0.4, 0.5) is 8.78 Å². The molecule has 3 nitrogen and oxygen atoms in total. The molecule has 19 heavy (non-hydrogen) atoms. The number of benzene rings is 1. The summed E-state index contributed by atoms with van der Waals surface area (Å²) in [5.74, 6) is -1.23. The number of halogens is 2. The van der Waals surface area contributed by atoms with Gasteiger partial charge >= 0.3 is 0 Å². The van der Waals surface area contributed by atoms with E-state index in [1.54, 1.807) is 0 Å². The number of pyridine rings is 1. The number of hydrogen-bond donors (Lipinski definition) is 2. The van der Waals surface area contributed by atoms with Crippen LogP contribution in [0.3, 0.4) is 0 Å². The minimum Gasteiger partial charge on any atom is -0.319 e. The molecule has 1 saturated carbocycles. The fourth-order valence-electron chi connectivity index (χ4n) is 2.21. The van der Waals surface area contributed by atoms with E-state index in [1.807, 2.05) is 0 Å². The van der Waals surface area contributed by atoms with Gasteiger partial charge in [0.15, 0.2) is 11.6 Å². The largest absolute Gasteiger partial charge is 0.319 e. The molecule has 1 fully saturated rings. The number of aromatic amines is 1. The number of nitrogens with one attached hydrogen (secondary N) is 2. The van der Waals surface area contributed by atoms with Crippen LogP contribution in [0.2, 0.25) is 0 Å². The molecule has 1 aliphatic carbocycles. The molecule has 0 bridgehead atoms. The number of hydrogen-bond acceptors (Lipinski definition) is 2. The van der Waals surface area contributed by atoms with Crippen molar-refractivity contribution in [3.63, 3.8) is 0 Å². The Morgan fingerprint density at radius 2 is 2.11 bits per heavy atom. The molecule has 0 spiro atoms. The molecule has 100 valence electrons. The fourth-order valence-corrected chi connectivity index (χ4v) is 2.21. The van der Waals surface area contributed by atoms with Gasteiger partial charge in [-0.3, -0.25) is 4.79 Å². The summed E-state index contributed by atoms with van der Waals surface area (Å²) in [6, 6.07) is 4.01. The van der Waals surface area contributed by atoms with Gasteiger partial charge in [-0.1, -0.05) is 0 Å². The molecule has 0 unspecified atom stereocenters. The van der Waals surface area contributed by atoms with Crippen LogP contribution in [0.15, 0.2) is 23.0 Å². The van der Waals surface area contributed by atoms with Gasteiger partial charge in [0.25, 0.3) is 0 Å². The molecule has 0 radical (unpaired) electrons. The Kier molecular flexibility index (Phi) is 3.06. The van der Waals surface area contributed by atoms with Crippen LogP contribution in [0, 0.1) is 17.6 Å². The fraction of sp³-hybridized carbons (Fsp3) is 0.357. The Bertz CT molecular complexity index is 677. The van der Waals surface area contributed by atoms with Crippen molar-refractivity contribution in [2.24, 2.45) is 5.92 Å². The molecule has 2 N–H and O–H groups in total. The first kappa shape index (κ1) is 12.3. The van der Waals surface area contributed by atoms with Crippen molar-refractivity contribution in [3.05, 3.63) is 45.8 Å². The van der Waals surface area contributed by atoms with E-state index in [4.69, 9.17) is 0 Å². The molecule has 0 saturated heterocycles. The molecule has 1 aliphatic rings. The van der Waals surface area contributed by atoms with Crippen LogP contribution >= 0.6 is 0 Å². The Morgan fingerprint density at radius 3 is 2.84 bits per heavy atom. The zero-order valence-corrected chi connectivity index (χ0v) is 10.3. The van der Waals surface area contributed by atoms with E-state index >= 15 is 0 Å². The zero-order valence-electron chi connectivity index (χ0n) is 10.3. The van der Waals surface area contributed by atoms with Crippen LogP contribution < -0.4 is 10.9 Å². The average Bonchev–Trinajstić information content (AvgIpc) is 3.18. The summed E-state index contributed by atoms with van der Waals surface area (Å²) in [6.45, 7) is 1.39. The van der Waals surface area contributed by atoms with Crippen molar-refractivity contribution < 1.29 is 8.78 Å². The molecular formula is C14H14F2N2O. The van der Waals surface area contributed by atoms with Crippen LogP contribution in [0.5, 0.6) is 0 Å². The highest BCUT2D eigenvalue weighted by atomic mass is 19.2. The third-order valence-corrected chi connectivity index (χ3v) is 3.44. The van der Waals surface area contributed by atoms with Gasteiger partial charge in [-0.25, -0.2) is 8.78 Å². The minimum atomic E-state index is -1.00. The predicted octanol–water partition coefficient (Wildman–Crippen LogP) is 2.31. The van der Waals surface area contributed by atoms with Gasteiger partial charge < -0.3 is 10.3 Å². The van der Waals surface area contributed by atoms with Gasteiger partial charge in [-0.2, -0.15) is 0 Å². The van der Waals surface area contributed by atoms with Crippen molar-refractivity contribution in [1.29, 1.82) is 0 Å². The monoisotopic (exact) mass is 264 g/mol. The first-order chi connectivity index (χ1) is 9.15. The van der Waals surface area contributed by atoms with Gasteiger partial charge in [-0.05, 0) is 43.0 Å². The van der Waals surface area contributed by atoms with Crippen molar-refractivity contribution in [2.45, 2.75) is 19.4 Å². The zero-order chi connectivity index (χ0) is 13.4. The molecule has 0 atom stereocenters. The highest BCUT2D eigenvalue weighted by Gasteiger charge is 2.20. The molecule has 0 amide bonds. The summed E-state index contributed by atoms with van der Waals surface area (Å²) < 4.78 is 26.8. The molecule has 2 aromatic rings. The van der Waals surface area contributed by atoms with Crippen molar-refractivity contribution in [3.8, 4) is 0 Å². The van der Waals surface area contributed by atoms with E-state index in [0.717, 1.165) is 18.5 Å². The maximum absolute atomic E-state index is 13.7. The van der Waals surface area contributed by atoms with Crippen molar-refractivity contribution in [2.75, 3.05) is 6.54 Å². The maximum Gasteiger partial charge on any atom is 0.248 e. The third-order valence-electron chi connectivity index (χ3n) is 3.44. The van der Waals surface area contributed by atoms with E-state index in [-0.39, 0.29) is 5.52 Å². The van der Waals surface area contributed by atoms with Gasteiger partial charge in [0.2, 0.25) is 5.56 Å². The molecule has 3 rings (SSSR count). The quantitative estimate of drug-likeness (QED) is 0.890. The first-order valence-electron chi connectivity index (χ1n) is 6.36. The topological polar surface area (TPSA) is 44.9 Å². The summed E-state index contributed by atoms with van der Waals surface area (Å²) in [5, 5.41) is 3.79. The maximum atomic E-state index is 13.7. The first-order valence-corrected chi connectivity index (χ1v) is 6.36. The van der Waals surface area contributed by atoms with E-state index in [1.165, 1.54) is 25.0 Å². The summed E-state index contributed by atoms with van der Waals surface area (Å²) >= 11 is 0. The molecule has 1 heterocycles. The number of fused-ring (bicyclic) bond motifs is 1. The lowest BCUT2D eigenvalue weighted by Gasteiger charge is -2.08. The van der Waals surface area contributed by atoms with Gasteiger partial charge in [0, 0.05) is 18.0 Å². The highest BCUT2D eigenvalue weighted by molar-refractivity contribution is 5.82. The van der Waals surface area contributed by atoms with Crippen LogP contribution in [-0.4, -0.2) is 11.5 Å². The van der Waals surface area contributed by atoms with E-state index in [9.17, 15) is 13.6 Å². The minimum absolute atomic E-state index is 0.0595. The van der Waals surface area contributed by atoms with Gasteiger partial charge in [-0.15, -0.1) is 0 Å². The summed E-state index contributed by atoms with van der Waals surface area (Å²) in [5.41, 5.74) is 0.217. The Morgan fingerprint density at radius 1 is 1.32 bits per heavy atom. The Hall–Kier alpha value is -1.75. The molecule has 1 aromatic heterocycles. The second kappa shape index (κ2) is 4.74. The standard InChI is InChI=1S/C14H14F2N2O/c15-11-4-3-10-9(7-17-6-8-1-2-8)5-12(19)18-14(10)13(11)16/h3-5,8,17H,1-2,6-7H2,(H,18,19). The van der Waals surface area contributed by atoms with Crippen LogP contribution in [0.25, 0.3) is 10.9 Å². The lowest BCUT2D eigenvalue weighted by atomic mass is 10.1. The second-order valence-corrected chi connectivity index (χ2v) is 5.02. The van der Waals surface area contributed by atoms with Gasteiger partial charge in [0.1, 0.15) is 0 Å². The van der Waals surface area contributed by atoms with E-state index < -0.39 is 17.2 Å². The van der Waals surface area contributed by atoms with E-state index in [0.29, 0.717) is 17.5 Å². The molecular weight excluding hydrogens is 250 g/mol. The normalized spacial score (nSPS) is 15.1.